The molecule has 0 aliphatic carbocycles. The van der Waals surface area contributed by atoms with E-state index in [0.717, 1.165) is 30.1 Å². The van der Waals surface area contributed by atoms with Gasteiger partial charge in [-0.3, -0.25) is 0 Å². The van der Waals surface area contributed by atoms with Crippen LogP contribution in [0, 0.1) is 0 Å². The molecule has 1 amide bonds. The monoisotopic (exact) mass is 301 g/mol. The molecule has 0 aromatic heterocycles. The highest BCUT2D eigenvalue weighted by molar-refractivity contribution is 5.64. The van der Waals surface area contributed by atoms with Gasteiger partial charge in [0.15, 0.2) is 0 Å². The Morgan fingerprint density at radius 2 is 1.41 bits per heavy atom. The van der Waals surface area contributed by atoms with Crippen molar-refractivity contribution >= 4 is 6.09 Å². The Hall–Kier alpha value is -2.69. The molecule has 0 spiro atoms. The van der Waals surface area contributed by atoms with E-state index in [4.69, 9.17) is 15.2 Å². The molecule has 2 N–H and O–H groups in total. The third kappa shape index (κ3) is 5.75. The predicted molar refractivity (Wildman–Crippen MR) is 83.2 cm³/mol. The summed E-state index contributed by atoms with van der Waals surface area (Å²) in [5, 5.41) is 0. The summed E-state index contributed by atoms with van der Waals surface area (Å²) in [6.07, 6.45) is 0.767. The molecule has 5 nitrogen and oxygen atoms in total. The van der Waals surface area contributed by atoms with Gasteiger partial charge in [-0.25, -0.2) is 4.79 Å². The molecule has 0 aliphatic heterocycles. The third-order valence-electron chi connectivity index (χ3n) is 2.85. The number of carbonyl (C=O) groups excluding carboxylic acids is 1. The zero-order valence-electron chi connectivity index (χ0n) is 12.2. The molecule has 0 radical (unpaired) electrons. The van der Waals surface area contributed by atoms with Crippen LogP contribution < -0.4 is 15.2 Å². The smallest absolute Gasteiger partial charge is 0.404 e. The first-order valence-electron chi connectivity index (χ1n) is 7.12. The van der Waals surface area contributed by atoms with Gasteiger partial charge in [-0.05, 0) is 49.2 Å². The molecule has 0 heterocycles. The van der Waals surface area contributed by atoms with E-state index < -0.39 is 6.09 Å². The largest absolute Gasteiger partial charge is 0.494 e. The van der Waals surface area contributed by atoms with Crippen LogP contribution >= 0.6 is 0 Å². The van der Waals surface area contributed by atoms with E-state index >= 15 is 0 Å². The van der Waals surface area contributed by atoms with Crippen molar-refractivity contribution in [3.05, 3.63) is 54.6 Å². The second kappa shape index (κ2) is 8.56. The van der Waals surface area contributed by atoms with Crippen LogP contribution in [-0.4, -0.2) is 19.3 Å². The Balaban J connectivity index is 1.69. The van der Waals surface area contributed by atoms with Crippen molar-refractivity contribution in [2.75, 3.05) is 13.2 Å². The number of ether oxygens (including phenoxy) is 3. The van der Waals surface area contributed by atoms with Crippen LogP contribution in [-0.2, 0) is 4.74 Å². The van der Waals surface area contributed by atoms with Gasteiger partial charge in [0.1, 0.15) is 17.2 Å². The number of hydrogen-bond donors (Lipinski definition) is 1. The zero-order valence-corrected chi connectivity index (χ0v) is 12.2. The number of primary amides is 1. The minimum atomic E-state index is -0.741. The van der Waals surface area contributed by atoms with Gasteiger partial charge in [0.2, 0.25) is 0 Å². The summed E-state index contributed by atoms with van der Waals surface area (Å²) < 4.78 is 15.9. The average molecular weight is 301 g/mol. The lowest BCUT2D eigenvalue weighted by atomic mass is 10.3. The van der Waals surface area contributed by atoms with Gasteiger partial charge < -0.3 is 19.9 Å². The van der Waals surface area contributed by atoms with Gasteiger partial charge in [0, 0.05) is 0 Å². The number of para-hydroxylation sites is 1. The summed E-state index contributed by atoms with van der Waals surface area (Å²) in [6.45, 7) is 0.879. The lowest BCUT2D eigenvalue weighted by Crippen LogP contribution is -2.14. The summed E-state index contributed by atoms with van der Waals surface area (Å²) >= 11 is 0. The van der Waals surface area contributed by atoms with Crippen LogP contribution in [0.5, 0.6) is 17.2 Å². The topological polar surface area (TPSA) is 70.8 Å². The number of hydrogen-bond acceptors (Lipinski definition) is 4. The second-order valence-electron chi connectivity index (χ2n) is 4.61. The minimum absolute atomic E-state index is 0.322. The summed E-state index contributed by atoms with van der Waals surface area (Å²) in [4.78, 5) is 10.4. The summed E-state index contributed by atoms with van der Waals surface area (Å²) in [5.41, 5.74) is 4.86. The van der Waals surface area contributed by atoms with Crippen molar-refractivity contribution in [1.82, 2.24) is 0 Å². The number of rotatable bonds is 8. The van der Waals surface area contributed by atoms with Crippen molar-refractivity contribution in [2.45, 2.75) is 12.8 Å². The van der Waals surface area contributed by atoms with E-state index in [9.17, 15) is 4.79 Å². The minimum Gasteiger partial charge on any atom is -0.494 e. The molecular weight excluding hydrogens is 282 g/mol. The van der Waals surface area contributed by atoms with Crippen LogP contribution in [0.4, 0.5) is 4.79 Å². The maximum absolute atomic E-state index is 10.4. The predicted octanol–water partition coefficient (Wildman–Crippen LogP) is 3.73. The lowest BCUT2D eigenvalue weighted by Gasteiger charge is -2.08. The van der Waals surface area contributed by atoms with Crippen molar-refractivity contribution in [1.29, 1.82) is 0 Å². The summed E-state index contributed by atoms with van der Waals surface area (Å²) in [5.74, 6) is 2.33. The summed E-state index contributed by atoms with van der Waals surface area (Å²) in [6, 6.07) is 17.0. The first-order chi connectivity index (χ1) is 10.7. The van der Waals surface area contributed by atoms with E-state index in [-0.39, 0.29) is 0 Å². The van der Waals surface area contributed by atoms with Crippen molar-refractivity contribution in [3.8, 4) is 17.2 Å². The normalized spacial score (nSPS) is 10.0. The Bertz CT molecular complexity index is 569. The molecule has 2 aromatic rings. The standard InChI is InChI=1S/C17H19NO4/c18-17(19)21-13-5-4-12-20-14-8-10-16(11-9-14)22-15-6-2-1-3-7-15/h1-3,6-11H,4-5,12-13H2,(H2,18,19). The van der Waals surface area contributed by atoms with Gasteiger partial charge in [-0.2, -0.15) is 0 Å². The fraction of sp³-hybridized carbons (Fsp3) is 0.235. The number of amides is 1. The first-order valence-corrected chi connectivity index (χ1v) is 7.12. The fourth-order valence-electron chi connectivity index (χ4n) is 1.80. The molecule has 116 valence electrons. The summed E-state index contributed by atoms with van der Waals surface area (Å²) in [7, 11) is 0. The van der Waals surface area contributed by atoms with Crippen LogP contribution in [0.25, 0.3) is 0 Å². The van der Waals surface area contributed by atoms with Crippen molar-refractivity contribution in [3.63, 3.8) is 0 Å². The molecular formula is C17H19NO4. The van der Waals surface area contributed by atoms with E-state index in [1.165, 1.54) is 0 Å². The van der Waals surface area contributed by atoms with E-state index in [1.54, 1.807) is 0 Å². The Labute approximate surface area is 129 Å². The van der Waals surface area contributed by atoms with Crippen LogP contribution in [0.1, 0.15) is 12.8 Å². The average Bonchev–Trinajstić information content (AvgIpc) is 2.53. The van der Waals surface area contributed by atoms with Gasteiger partial charge in [-0.1, -0.05) is 18.2 Å². The van der Waals surface area contributed by atoms with Crippen LogP contribution in [0.2, 0.25) is 0 Å². The highest BCUT2D eigenvalue weighted by atomic mass is 16.5. The first kappa shape index (κ1) is 15.7. The molecule has 0 aliphatic rings. The number of carbonyl (C=O) groups is 1. The molecule has 5 heteroatoms. The second-order valence-corrected chi connectivity index (χ2v) is 4.61. The van der Waals surface area contributed by atoms with Crippen molar-refractivity contribution < 1.29 is 19.0 Å². The molecule has 0 saturated carbocycles. The molecule has 0 atom stereocenters. The zero-order chi connectivity index (χ0) is 15.6. The van der Waals surface area contributed by atoms with E-state index in [2.05, 4.69) is 4.74 Å². The number of nitrogens with two attached hydrogens (primary N) is 1. The molecule has 22 heavy (non-hydrogen) atoms. The van der Waals surface area contributed by atoms with E-state index in [1.807, 2.05) is 54.6 Å². The Morgan fingerprint density at radius 1 is 0.818 bits per heavy atom. The number of benzene rings is 2. The Morgan fingerprint density at radius 3 is 2.09 bits per heavy atom. The molecule has 0 bridgehead atoms. The van der Waals surface area contributed by atoms with E-state index in [0.29, 0.717) is 13.2 Å². The van der Waals surface area contributed by atoms with Gasteiger partial charge in [0.05, 0.1) is 13.2 Å². The highest BCUT2D eigenvalue weighted by Gasteiger charge is 1.99. The Kier molecular flexibility index (Phi) is 6.11. The van der Waals surface area contributed by atoms with Gasteiger partial charge in [0.25, 0.3) is 0 Å². The SMILES string of the molecule is NC(=O)OCCCCOc1ccc(Oc2ccccc2)cc1. The molecule has 2 rings (SSSR count). The van der Waals surface area contributed by atoms with Crippen LogP contribution in [0.3, 0.4) is 0 Å². The molecule has 2 aromatic carbocycles. The van der Waals surface area contributed by atoms with Crippen molar-refractivity contribution in [2.24, 2.45) is 5.73 Å². The third-order valence-corrected chi connectivity index (χ3v) is 2.85. The maximum atomic E-state index is 10.4. The highest BCUT2D eigenvalue weighted by Crippen LogP contribution is 2.23. The quantitative estimate of drug-likeness (QED) is 0.754. The lowest BCUT2D eigenvalue weighted by molar-refractivity contribution is 0.152. The fourth-order valence-corrected chi connectivity index (χ4v) is 1.80. The van der Waals surface area contributed by atoms with Gasteiger partial charge in [-0.15, -0.1) is 0 Å². The molecule has 0 unspecified atom stereocenters. The van der Waals surface area contributed by atoms with Crippen LogP contribution in [0.15, 0.2) is 54.6 Å². The maximum Gasteiger partial charge on any atom is 0.404 e. The molecule has 0 fully saturated rings. The van der Waals surface area contributed by atoms with Gasteiger partial charge >= 0.3 is 6.09 Å². The number of unbranched alkanes of at least 4 members (excludes halogenated alkanes) is 1. The molecule has 0 saturated heterocycles.